The Labute approximate surface area is 80.5 Å². The Hall–Kier alpha value is -1.24. The molecule has 0 aliphatic rings. The number of benzene rings is 1. The van der Waals surface area contributed by atoms with Crippen LogP contribution in [0.25, 0.3) is 0 Å². The number of rotatable bonds is 1. The van der Waals surface area contributed by atoms with Crippen LogP contribution >= 0.6 is 0 Å². The fourth-order valence-corrected chi connectivity index (χ4v) is 0.957. The lowest BCUT2D eigenvalue weighted by molar-refractivity contribution is -0.149. The summed E-state index contributed by atoms with van der Waals surface area (Å²) in [4.78, 5) is 0. The van der Waals surface area contributed by atoms with Gasteiger partial charge in [-0.25, -0.2) is 13.2 Å². The van der Waals surface area contributed by atoms with E-state index in [0.29, 0.717) is 12.1 Å². The highest BCUT2D eigenvalue weighted by atomic mass is 19.4. The second-order valence-corrected chi connectivity index (χ2v) is 2.78. The smallest absolute Gasteiger partial charge is 0.316 e. The van der Waals surface area contributed by atoms with Gasteiger partial charge in [-0.05, 0) is 6.07 Å². The van der Waals surface area contributed by atoms with E-state index in [2.05, 4.69) is 5.73 Å². The molecule has 1 rings (SSSR count). The third kappa shape index (κ3) is 2.23. The van der Waals surface area contributed by atoms with Crippen LogP contribution in [-0.2, 0) is 0 Å². The maximum atomic E-state index is 12.8. The molecule has 84 valence electrons. The van der Waals surface area contributed by atoms with Gasteiger partial charge < -0.3 is 5.73 Å². The average Bonchev–Trinajstić information content (AvgIpc) is 2.12. The third-order valence-corrected chi connectivity index (χ3v) is 1.75. The summed E-state index contributed by atoms with van der Waals surface area (Å²) in [6, 6.07) is -1.82. The standard InChI is InChI=1S/C8H5F6N/c9-4-2-1-3(5(10)6(4)11)7(15)8(12,13)14/h1-2,7H,15H2. The van der Waals surface area contributed by atoms with Crippen molar-refractivity contribution in [2.24, 2.45) is 5.73 Å². The van der Waals surface area contributed by atoms with Crippen molar-refractivity contribution >= 4 is 0 Å². The second-order valence-electron chi connectivity index (χ2n) is 2.78. The average molecular weight is 229 g/mol. The van der Waals surface area contributed by atoms with E-state index in [9.17, 15) is 26.3 Å². The van der Waals surface area contributed by atoms with Gasteiger partial charge in [0.1, 0.15) is 6.04 Å². The van der Waals surface area contributed by atoms with Crippen LogP contribution in [0.15, 0.2) is 12.1 Å². The van der Waals surface area contributed by atoms with Crippen LogP contribution in [0, 0.1) is 17.5 Å². The summed E-state index contributed by atoms with van der Waals surface area (Å²) in [6.07, 6.45) is -4.91. The first-order chi connectivity index (χ1) is 6.75. The van der Waals surface area contributed by atoms with Gasteiger partial charge in [0.15, 0.2) is 17.5 Å². The largest absolute Gasteiger partial charge is 0.407 e. The predicted molar refractivity (Wildman–Crippen MR) is 39.3 cm³/mol. The minimum absolute atomic E-state index is 0.388. The van der Waals surface area contributed by atoms with Gasteiger partial charge in [0.25, 0.3) is 0 Å². The molecule has 0 saturated carbocycles. The lowest BCUT2D eigenvalue weighted by atomic mass is 10.1. The molecular weight excluding hydrogens is 224 g/mol. The van der Waals surface area contributed by atoms with Crippen molar-refractivity contribution in [2.75, 3.05) is 0 Å². The molecule has 1 unspecified atom stereocenters. The van der Waals surface area contributed by atoms with Gasteiger partial charge in [-0.1, -0.05) is 6.07 Å². The predicted octanol–water partition coefficient (Wildman–Crippen LogP) is 2.67. The molecule has 0 fully saturated rings. The number of hydrogen-bond acceptors (Lipinski definition) is 1. The Morgan fingerprint density at radius 2 is 1.53 bits per heavy atom. The zero-order valence-corrected chi connectivity index (χ0v) is 7.08. The zero-order chi connectivity index (χ0) is 11.8. The summed E-state index contributed by atoms with van der Waals surface area (Å²) in [6.45, 7) is 0. The zero-order valence-electron chi connectivity index (χ0n) is 7.08. The van der Waals surface area contributed by atoms with E-state index >= 15 is 0 Å². The quantitative estimate of drug-likeness (QED) is 0.581. The molecule has 0 amide bonds. The van der Waals surface area contributed by atoms with Crippen LogP contribution in [0.1, 0.15) is 11.6 Å². The minimum Gasteiger partial charge on any atom is -0.316 e. The fourth-order valence-electron chi connectivity index (χ4n) is 0.957. The van der Waals surface area contributed by atoms with E-state index in [1.807, 2.05) is 0 Å². The van der Waals surface area contributed by atoms with Gasteiger partial charge in [-0.3, -0.25) is 0 Å². The monoisotopic (exact) mass is 229 g/mol. The number of alkyl halides is 3. The van der Waals surface area contributed by atoms with Crippen molar-refractivity contribution in [1.82, 2.24) is 0 Å². The highest BCUT2D eigenvalue weighted by Gasteiger charge is 2.40. The van der Waals surface area contributed by atoms with Gasteiger partial charge in [0, 0.05) is 5.56 Å². The lowest BCUT2D eigenvalue weighted by Crippen LogP contribution is -2.29. The molecule has 0 aromatic heterocycles. The molecular formula is C8H5F6N. The Morgan fingerprint density at radius 1 is 1.00 bits per heavy atom. The van der Waals surface area contributed by atoms with Crippen LogP contribution in [0.4, 0.5) is 26.3 Å². The summed E-state index contributed by atoms with van der Waals surface area (Å²) < 4.78 is 73.9. The van der Waals surface area contributed by atoms with Crippen molar-refractivity contribution in [3.63, 3.8) is 0 Å². The van der Waals surface area contributed by atoms with Crippen molar-refractivity contribution < 1.29 is 26.3 Å². The molecule has 0 saturated heterocycles. The molecule has 0 aliphatic carbocycles. The van der Waals surface area contributed by atoms with Crippen LogP contribution in [0.3, 0.4) is 0 Å². The number of halogens is 6. The molecule has 1 aromatic rings. The first-order valence-electron chi connectivity index (χ1n) is 3.71. The highest BCUT2D eigenvalue weighted by molar-refractivity contribution is 5.24. The van der Waals surface area contributed by atoms with Gasteiger partial charge in [0.05, 0.1) is 0 Å². The highest BCUT2D eigenvalue weighted by Crippen LogP contribution is 2.32. The summed E-state index contributed by atoms with van der Waals surface area (Å²) >= 11 is 0. The SMILES string of the molecule is NC(c1ccc(F)c(F)c1F)C(F)(F)F. The molecule has 1 aromatic carbocycles. The molecule has 0 radical (unpaired) electrons. The van der Waals surface area contributed by atoms with E-state index in [4.69, 9.17) is 0 Å². The van der Waals surface area contributed by atoms with Crippen LogP contribution in [-0.4, -0.2) is 6.18 Å². The van der Waals surface area contributed by atoms with E-state index in [0.717, 1.165) is 0 Å². The summed E-state index contributed by atoms with van der Waals surface area (Å²) in [5, 5.41) is 0. The summed E-state index contributed by atoms with van der Waals surface area (Å²) in [5.74, 6) is -5.45. The molecule has 1 atom stereocenters. The van der Waals surface area contributed by atoms with Crippen LogP contribution in [0.2, 0.25) is 0 Å². The maximum Gasteiger partial charge on any atom is 0.407 e. The van der Waals surface area contributed by atoms with Crippen LogP contribution in [0.5, 0.6) is 0 Å². The van der Waals surface area contributed by atoms with Gasteiger partial charge >= 0.3 is 6.18 Å². The lowest BCUT2D eigenvalue weighted by Gasteiger charge is -2.16. The first-order valence-corrected chi connectivity index (χ1v) is 3.71. The Kier molecular flexibility index (Phi) is 2.94. The van der Waals surface area contributed by atoms with Crippen molar-refractivity contribution in [2.45, 2.75) is 12.2 Å². The van der Waals surface area contributed by atoms with Crippen LogP contribution < -0.4 is 5.73 Å². The molecule has 0 spiro atoms. The fraction of sp³-hybridized carbons (Fsp3) is 0.250. The Balaban J connectivity index is 3.23. The maximum absolute atomic E-state index is 12.8. The molecule has 0 bridgehead atoms. The van der Waals surface area contributed by atoms with Crippen molar-refractivity contribution in [1.29, 1.82) is 0 Å². The minimum atomic E-state index is -4.91. The molecule has 15 heavy (non-hydrogen) atoms. The van der Waals surface area contributed by atoms with Gasteiger partial charge in [-0.2, -0.15) is 13.2 Å². The molecule has 7 heteroatoms. The van der Waals surface area contributed by atoms with E-state index in [1.165, 1.54) is 0 Å². The van der Waals surface area contributed by atoms with Crippen molar-refractivity contribution in [3.8, 4) is 0 Å². The van der Waals surface area contributed by atoms with E-state index in [-0.39, 0.29) is 0 Å². The Morgan fingerprint density at radius 3 is 2.00 bits per heavy atom. The van der Waals surface area contributed by atoms with Crippen molar-refractivity contribution in [3.05, 3.63) is 35.1 Å². The Bertz CT molecular complexity index is 372. The number of nitrogens with two attached hydrogens (primary N) is 1. The summed E-state index contributed by atoms with van der Waals surface area (Å²) in [7, 11) is 0. The molecule has 0 heterocycles. The third-order valence-electron chi connectivity index (χ3n) is 1.75. The molecule has 0 aliphatic heterocycles. The van der Waals surface area contributed by atoms with E-state index in [1.54, 1.807) is 0 Å². The second kappa shape index (κ2) is 3.73. The first kappa shape index (κ1) is 11.8. The van der Waals surface area contributed by atoms with Gasteiger partial charge in [0.2, 0.25) is 0 Å². The number of hydrogen-bond donors (Lipinski definition) is 1. The summed E-state index contributed by atoms with van der Waals surface area (Å²) in [5.41, 5.74) is 3.51. The molecule has 1 nitrogen and oxygen atoms in total. The van der Waals surface area contributed by atoms with Gasteiger partial charge in [-0.15, -0.1) is 0 Å². The molecule has 2 N–H and O–H groups in total. The normalized spacial score (nSPS) is 14.1. The topological polar surface area (TPSA) is 26.0 Å². The van der Waals surface area contributed by atoms with E-state index < -0.39 is 35.2 Å².